The Bertz CT molecular complexity index is 780. The van der Waals surface area contributed by atoms with Crippen molar-refractivity contribution in [2.24, 2.45) is 0 Å². The van der Waals surface area contributed by atoms with Crippen molar-refractivity contribution in [1.82, 2.24) is 0 Å². The van der Waals surface area contributed by atoms with Crippen LogP contribution in [0.1, 0.15) is 34.0 Å². The molecular weight excluding hydrogens is 320 g/mol. The second-order valence-corrected chi connectivity index (χ2v) is 5.73. The van der Waals surface area contributed by atoms with E-state index >= 15 is 0 Å². The maximum absolute atomic E-state index is 11.9. The third kappa shape index (κ3) is 4.83. The quantitative estimate of drug-likeness (QED) is 0.568. The first-order valence-electron chi connectivity index (χ1n) is 7.95. The fraction of sp³-hybridized carbons (Fsp3) is 0.300. The molecule has 2 aromatic carbocycles. The van der Waals surface area contributed by atoms with Crippen LogP contribution in [-0.4, -0.2) is 25.5 Å². The molecule has 132 valence electrons. The van der Waals surface area contributed by atoms with Gasteiger partial charge in [0, 0.05) is 11.1 Å². The highest BCUT2D eigenvalue weighted by molar-refractivity contribution is 5.94. The molecule has 2 aromatic rings. The van der Waals surface area contributed by atoms with Gasteiger partial charge in [-0.3, -0.25) is 4.79 Å². The zero-order valence-corrected chi connectivity index (χ0v) is 14.9. The highest BCUT2D eigenvalue weighted by atomic mass is 16.6. The van der Waals surface area contributed by atoms with Crippen molar-refractivity contribution in [3.8, 4) is 11.5 Å². The number of carbonyl (C=O) groups is 2. The lowest BCUT2D eigenvalue weighted by atomic mass is 10.1. The van der Waals surface area contributed by atoms with E-state index in [0.717, 1.165) is 11.1 Å². The zero-order valence-electron chi connectivity index (χ0n) is 14.9. The molecule has 0 unspecified atom stereocenters. The normalized spacial score (nSPS) is 10.2. The monoisotopic (exact) mass is 342 g/mol. The average molecular weight is 342 g/mol. The van der Waals surface area contributed by atoms with Crippen LogP contribution in [0.4, 0.5) is 0 Å². The molecule has 5 heteroatoms. The van der Waals surface area contributed by atoms with Crippen molar-refractivity contribution < 1.29 is 23.8 Å². The number of benzene rings is 2. The molecule has 0 spiro atoms. The zero-order chi connectivity index (χ0) is 18.4. The van der Waals surface area contributed by atoms with Crippen molar-refractivity contribution >= 4 is 11.8 Å². The molecule has 0 aliphatic carbocycles. The molecule has 0 N–H and O–H groups in total. The van der Waals surface area contributed by atoms with Crippen LogP contribution < -0.4 is 9.47 Å². The molecule has 0 aromatic heterocycles. The van der Waals surface area contributed by atoms with Gasteiger partial charge in [0.1, 0.15) is 18.1 Å². The Morgan fingerprint density at radius 1 is 1.04 bits per heavy atom. The van der Waals surface area contributed by atoms with Crippen LogP contribution in [0, 0.1) is 13.8 Å². The molecule has 0 heterocycles. The van der Waals surface area contributed by atoms with E-state index in [1.165, 1.54) is 14.0 Å². The summed E-state index contributed by atoms with van der Waals surface area (Å²) in [7, 11) is 1.53. The van der Waals surface area contributed by atoms with E-state index in [9.17, 15) is 9.59 Å². The maximum atomic E-state index is 11.9. The molecule has 0 atom stereocenters. The molecule has 25 heavy (non-hydrogen) atoms. The summed E-state index contributed by atoms with van der Waals surface area (Å²) < 4.78 is 16.0. The predicted octanol–water partition coefficient (Wildman–Crippen LogP) is 3.64. The van der Waals surface area contributed by atoms with Gasteiger partial charge < -0.3 is 14.2 Å². The summed E-state index contributed by atoms with van der Waals surface area (Å²) in [5.41, 5.74) is 3.26. The fourth-order valence-electron chi connectivity index (χ4n) is 2.33. The molecule has 0 bridgehead atoms. The summed E-state index contributed by atoms with van der Waals surface area (Å²) in [5, 5.41) is 0. The smallest absolute Gasteiger partial charge is 0.344 e. The predicted molar refractivity (Wildman–Crippen MR) is 94.2 cm³/mol. The number of esters is 1. The van der Waals surface area contributed by atoms with Crippen molar-refractivity contribution in [2.75, 3.05) is 13.7 Å². The number of carbonyl (C=O) groups excluding carboxylic acids is 2. The minimum atomic E-state index is -0.490. The molecule has 0 fully saturated rings. The number of hydrogen-bond donors (Lipinski definition) is 0. The number of ketones is 1. The van der Waals surface area contributed by atoms with Crippen LogP contribution in [0.2, 0.25) is 0 Å². The van der Waals surface area contributed by atoms with E-state index in [1.54, 1.807) is 18.2 Å². The first kappa shape index (κ1) is 18.5. The topological polar surface area (TPSA) is 61.8 Å². The first-order valence-corrected chi connectivity index (χ1v) is 7.95. The van der Waals surface area contributed by atoms with Crippen LogP contribution in [0.3, 0.4) is 0 Å². The largest absolute Gasteiger partial charge is 0.496 e. The van der Waals surface area contributed by atoms with Crippen molar-refractivity contribution in [3.05, 3.63) is 58.7 Å². The highest BCUT2D eigenvalue weighted by Crippen LogP contribution is 2.22. The summed E-state index contributed by atoms with van der Waals surface area (Å²) in [5.74, 6) is 0.672. The Morgan fingerprint density at radius 2 is 1.80 bits per heavy atom. The van der Waals surface area contributed by atoms with Gasteiger partial charge in [0.2, 0.25) is 0 Å². The third-order valence-corrected chi connectivity index (χ3v) is 3.98. The number of Topliss-reactive ketones (excluding diaryl/α,β-unsaturated/α-hetero) is 1. The van der Waals surface area contributed by atoms with Crippen LogP contribution in [0.5, 0.6) is 11.5 Å². The Hall–Kier alpha value is -2.82. The van der Waals surface area contributed by atoms with E-state index in [2.05, 4.69) is 0 Å². The molecule has 0 aliphatic rings. The van der Waals surface area contributed by atoms with Crippen LogP contribution in [-0.2, 0) is 16.1 Å². The summed E-state index contributed by atoms with van der Waals surface area (Å²) >= 11 is 0. The maximum Gasteiger partial charge on any atom is 0.344 e. The number of ether oxygens (including phenoxy) is 3. The number of rotatable bonds is 7. The minimum Gasteiger partial charge on any atom is -0.496 e. The van der Waals surface area contributed by atoms with Gasteiger partial charge in [0.15, 0.2) is 12.4 Å². The molecule has 0 saturated carbocycles. The summed E-state index contributed by atoms with van der Waals surface area (Å²) in [6.45, 7) is 5.23. The van der Waals surface area contributed by atoms with Gasteiger partial charge in [0.05, 0.1) is 7.11 Å². The van der Waals surface area contributed by atoms with Crippen LogP contribution in [0.15, 0.2) is 36.4 Å². The summed E-state index contributed by atoms with van der Waals surface area (Å²) in [6, 6.07) is 10.7. The van der Waals surface area contributed by atoms with E-state index in [-0.39, 0.29) is 19.0 Å². The standard InChI is InChI=1S/C20H22O5/c1-13-6-5-7-18(14(13)2)24-12-20(22)25-11-17-10-16(15(3)21)8-9-19(17)23-4/h5-10H,11-12H2,1-4H3. The number of hydrogen-bond acceptors (Lipinski definition) is 5. The van der Waals surface area contributed by atoms with Gasteiger partial charge in [-0.15, -0.1) is 0 Å². The molecule has 0 amide bonds. The van der Waals surface area contributed by atoms with E-state index in [1.807, 2.05) is 32.0 Å². The highest BCUT2D eigenvalue weighted by Gasteiger charge is 2.11. The summed E-state index contributed by atoms with van der Waals surface area (Å²) in [6.07, 6.45) is 0. The second kappa shape index (κ2) is 8.33. The Labute approximate surface area is 147 Å². The van der Waals surface area contributed by atoms with E-state index < -0.39 is 5.97 Å². The SMILES string of the molecule is COc1ccc(C(C)=O)cc1COC(=O)COc1cccc(C)c1C. The Kier molecular flexibility index (Phi) is 6.17. The molecule has 0 saturated heterocycles. The fourth-order valence-corrected chi connectivity index (χ4v) is 2.33. The lowest BCUT2D eigenvalue weighted by molar-refractivity contribution is -0.147. The number of aryl methyl sites for hydroxylation is 1. The Morgan fingerprint density at radius 3 is 2.48 bits per heavy atom. The second-order valence-electron chi connectivity index (χ2n) is 5.73. The van der Waals surface area contributed by atoms with Crippen LogP contribution >= 0.6 is 0 Å². The van der Waals surface area contributed by atoms with Gasteiger partial charge in [0.25, 0.3) is 0 Å². The molecule has 2 rings (SSSR count). The van der Waals surface area contributed by atoms with Gasteiger partial charge >= 0.3 is 5.97 Å². The van der Waals surface area contributed by atoms with Gasteiger partial charge in [-0.25, -0.2) is 4.79 Å². The molecule has 0 radical (unpaired) electrons. The Balaban J connectivity index is 1.97. The van der Waals surface area contributed by atoms with Gasteiger partial charge in [-0.05, 0) is 56.2 Å². The van der Waals surface area contributed by atoms with Gasteiger partial charge in [-0.2, -0.15) is 0 Å². The molecule has 5 nitrogen and oxygen atoms in total. The van der Waals surface area contributed by atoms with Crippen LogP contribution in [0.25, 0.3) is 0 Å². The third-order valence-electron chi connectivity index (χ3n) is 3.98. The summed E-state index contributed by atoms with van der Waals surface area (Å²) in [4.78, 5) is 23.4. The van der Waals surface area contributed by atoms with Crippen molar-refractivity contribution in [2.45, 2.75) is 27.4 Å². The van der Waals surface area contributed by atoms with Crippen molar-refractivity contribution in [1.29, 1.82) is 0 Å². The van der Waals surface area contributed by atoms with E-state index in [4.69, 9.17) is 14.2 Å². The lowest BCUT2D eigenvalue weighted by Gasteiger charge is -2.12. The number of methoxy groups -OCH3 is 1. The minimum absolute atomic E-state index is 0.0132. The van der Waals surface area contributed by atoms with Gasteiger partial charge in [-0.1, -0.05) is 12.1 Å². The molecule has 0 aliphatic heterocycles. The average Bonchev–Trinajstić information content (AvgIpc) is 2.60. The van der Waals surface area contributed by atoms with Crippen molar-refractivity contribution in [3.63, 3.8) is 0 Å². The van der Waals surface area contributed by atoms with E-state index in [0.29, 0.717) is 22.6 Å². The molecular formula is C20H22O5. The first-order chi connectivity index (χ1) is 11.9. The lowest BCUT2D eigenvalue weighted by Crippen LogP contribution is -2.15.